The van der Waals surface area contributed by atoms with Crippen molar-refractivity contribution in [1.82, 2.24) is 10.3 Å². The van der Waals surface area contributed by atoms with Crippen molar-refractivity contribution in [2.24, 2.45) is 0 Å². The maximum Gasteiger partial charge on any atom is 0.306 e. The van der Waals surface area contributed by atoms with E-state index in [1.807, 2.05) is 0 Å². The normalized spacial score (nSPS) is 18.7. The van der Waals surface area contributed by atoms with Crippen molar-refractivity contribution in [3.05, 3.63) is 45.9 Å². The number of carbonyl (C=O) groups excluding carboxylic acids is 1. The van der Waals surface area contributed by atoms with E-state index in [0.29, 0.717) is 22.8 Å². The van der Waals surface area contributed by atoms with Gasteiger partial charge in [-0.1, -0.05) is 12.1 Å². The number of nitrogens with one attached hydrogen (secondary N) is 1. The quantitative estimate of drug-likeness (QED) is 0.754. The van der Waals surface area contributed by atoms with Gasteiger partial charge in [0, 0.05) is 6.61 Å². The number of thiazole rings is 1. The van der Waals surface area contributed by atoms with Crippen molar-refractivity contribution in [1.29, 1.82) is 0 Å². The minimum absolute atomic E-state index is 0.0552. The Bertz CT molecular complexity index is 831. The van der Waals surface area contributed by atoms with Crippen LogP contribution in [0.3, 0.4) is 0 Å². The number of nitrogens with zero attached hydrogens (tertiary/aromatic N) is 1. The van der Waals surface area contributed by atoms with Crippen molar-refractivity contribution >= 4 is 23.2 Å². The molecule has 1 aromatic heterocycles. The van der Waals surface area contributed by atoms with E-state index in [1.54, 1.807) is 31.2 Å². The average molecular weight is 390 g/mol. The van der Waals surface area contributed by atoms with Crippen LogP contribution in [0.5, 0.6) is 5.75 Å². The lowest BCUT2D eigenvalue weighted by Crippen LogP contribution is -2.44. The predicted octanol–water partition coefficient (Wildman–Crippen LogP) is 3.12. The number of carboxylic acids is 1. The van der Waals surface area contributed by atoms with Crippen LogP contribution in [0.25, 0.3) is 0 Å². The molecule has 1 fully saturated rings. The van der Waals surface area contributed by atoms with Crippen LogP contribution in [0, 0.1) is 0 Å². The number of hydrogen-bond acceptors (Lipinski definition) is 6. The number of benzene rings is 1. The molecule has 3 rings (SSSR count). The molecule has 7 nitrogen and oxygen atoms in total. The van der Waals surface area contributed by atoms with E-state index in [-0.39, 0.29) is 18.4 Å². The van der Waals surface area contributed by atoms with Crippen LogP contribution < -0.4 is 10.1 Å². The van der Waals surface area contributed by atoms with E-state index in [0.717, 1.165) is 17.8 Å². The highest BCUT2D eigenvalue weighted by Gasteiger charge is 2.33. The zero-order chi connectivity index (χ0) is 19.4. The molecular weight excluding hydrogens is 368 g/mol. The van der Waals surface area contributed by atoms with Crippen LogP contribution in [0.4, 0.5) is 0 Å². The maximum atomic E-state index is 12.8. The zero-order valence-electron chi connectivity index (χ0n) is 15.2. The lowest BCUT2D eigenvalue weighted by Gasteiger charge is -2.30. The molecule has 2 unspecified atom stereocenters. The summed E-state index contributed by atoms with van der Waals surface area (Å²) >= 11 is 1.28. The number of carboxylic acid groups (broad SMARTS) is 1. The predicted molar refractivity (Wildman–Crippen MR) is 100 cm³/mol. The van der Waals surface area contributed by atoms with Crippen molar-refractivity contribution in [3.63, 3.8) is 0 Å². The van der Waals surface area contributed by atoms with Crippen LogP contribution in [-0.2, 0) is 15.1 Å². The number of carbonyl (C=O) groups is 2. The van der Waals surface area contributed by atoms with Crippen molar-refractivity contribution in [2.45, 2.75) is 37.8 Å². The van der Waals surface area contributed by atoms with E-state index in [4.69, 9.17) is 9.47 Å². The number of aliphatic carboxylic acids is 1. The Morgan fingerprint density at radius 2 is 2.30 bits per heavy atom. The fourth-order valence-electron chi connectivity index (χ4n) is 3.11. The van der Waals surface area contributed by atoms with E-state index >= 15 is 0 Å². The molecule has 144 valence electrons. The SMILES string of the molecule is COc1cccc(C(C)(CC(=O)O)NC(=O)c2cnc(C3CCCO3)s2)c1. The molecule has 0 aliphatic carbocycles. The van der Waals surface area contributed by atoms with Gasteiger partial charge in [0.25, 0.3) is 5.91 Å². The Labute approximate surface area is 161 Å². The first-order valence-corrected chi connectivity index (χ1v) is 9.49. The van der Waals surface area contributed by atoms with Gasteiger partial charge in [-0.3, -0.25) is 9.59 Å². The lowest BCUT2D eigenvalue weighted by molar-refractivity contribution is -0.138. The maximum absolute atomic E-state index is 12.8. The third-order valence-electron chi connectivity index (χ3n) is 4.55. The van der Waals surface area contributed by atoms with Gasteiger partial charge in [0.05, 0.1) is 25.3 Å². The minimum Gasteiger partial charge on any atom is -0.497 e. The fraction of sp³-hybridized carbons (Fsp3) is 0.421. The summed E-state index contributed by atoms with van der Waals surface area (Å²) in [6, 6.07) is 7.04. The van der Waals surface area contributed by atoms with Crippen molar-refractivity contribution in [3.8, 4) is 5.75 Å². The minimum atomic E-state index is -1.09. The molecule has 2 heterocycles. The number of hydrogen-bond donors (Lipinski definition) is 2. The van der Waals surface area contributed by atoms with Crippen molar-refractivity contribution in [2.75, 3.05) is 13.7 Å². The molecule has 0 bridgehead atoms. The van der Waals surface area contributed by atoms with Gasteiger partial charge in [-0.25, -0.2) is 4.98 Å². The molecule has 27 heavy (non-hydrogen) atoms. The van der Waals surface area contributed by atoms with Gasteiger partial charge in [0.15, 0.2) is 0 Å². The zero-order valence-corrected chi connectivity index (χ0v) is 16.0. The second-order valence-electron chi connectivity index (χ2n) is 6.65. The van der Waals surface area contributed by atoms with E-state index in [2.05, 4.69) is 10.3 Å². The fourth-order valence-corrected chi connectivity index (χ4v) is 4.01. The topological polar surface area (TPSA) is 97.8 Å². The Hall–Kier alpha value is -2.45. The Morgan fingerprint density at radius 3 is 2.96 bits per heavy atom. The number of rotatable bonds is 7. The molecule has 0 spiro atoms. The highest BCUT2D eigenvalue weighted by atomic mass is 32.1. The third kappa shape index (κ3) is 4.45. The summed E-state index contributed by atoms with van der Waals surface area (Å²) in [7, 11) is 1.54. The van der Waals surface area contributed by atoms with Gasteiger partial charge < -0.3 is 19.9 Å². The number of amides is 1. The van der Waals surface area contributed by atoms with Crippen LogP contribution in [0.15, 0.2) is 30.5 Å². The summed E-state index contributed by atoms with van der Waals surface area (Å²) in [6.45, 7) is 2.40. The summed E-state index contributed by atoms with van der Waals surface area (Å²) in [4.78, 5) is 29.0. The number of methoxy groups -OCH3 is 1. The van der Waals surface area contributed by atoms with Crippen LogP contribution in [0.1, 0.15) is 52.5 Å². The molecule has 1 aliphatic heterocycles. The summed E-state index contributed by atoms with van der Waals surface area (Å²) in [5, 5.41) is 13.0. The first kappa shape index (κ1) is 19.3. The Balaban J connectivity index is 1.83. The Morgan fingerprint density at radius 1 is 1.48 bits per heavy atom. The standard InChI is InChI=1S/C19H22N2O5S/c1-19(10-16(22)23,12-5-3-6-13(9-12)25-2)21-17(24)15-11-20-18(27-15)14-7-4-8-26-14/h3,5-6,9,11,14H,4,7-8,10H2,1-2H3,(H,21,24)(H,22,23). The molecule has 2 atom stereocenters. The highest BCUT2D eigenvalue weighted by Crippen LogP contribution is 2.32. The van der Waals surface area contributed by atoms with E-state index < -0.39 is 11.5 Å². The largest absolute Gasteiger partial charge is 0.497 e. The molecule has 2 aromatic rings. The first-order chi connectivity index (χ1) is 12.9. The smallest absolute Gasteiger partial charge is 0.306 e. The number of aromatic nitrogens is 1. The van der Waals surface area contributed by atoms with Gasteiger partial charge in [0.1, 0.15) is 21.7 Å². The molecule has 8 heteroatoms. The van der Waals surface area contributed by atoms with Crippen molar-refractivity contribution < 1.29 is 24.2 Å². The molecule has 1 saturated heterocycles. The van der Waals surface area contributed by atoms with Gasteiger partial charge in [-0.15, -0.1) is 11.3 Å². The van der Waals surface area contributed by atoms with E-state index in [9.17, 15) is 14.7 Å². The van der Waals surface area contributed by atoms with E-state index in [1.165, 1.54) is 24.6 Å². The summed E-state index contributed by atoms with van der Waals surface area (Å²) in [6.07, 6.45) is 3.08. The molecule has 0 radical (unpaired) electrons. The van der Waals surface area contributed by atoms with Crippen LogP contribution >= 0.6 is 11.3 Å². The average Bonchev–Trinajstić information content (AvgIpc) is 3.32. The Kier molecular flexibility index (Phi) is 5.76. The van der Waals surface area contributed by atoms with Gasteiger partial charge in [-0.2, -0.15) is 0 Å². The highest BCUT2D eigenvalue weighted by molar-refractivity contribution is 7.13. The molecule has 1 aliphatic rings. The molecular formula is C19H22N2O5S. The lowest BCUT2D eigenvalue weighted by atomic mass is 9.88. The summed E-state index contributed by atoms with van der Waals surface area (Å²) in [5.41, 5.74) is -0.438. The van der Waals surface area contributed by atoms with Crippen LogP contribution in [-0.4, -0.2) is 35.7 Å². The third-order valence-corrected chi connectivity index (χ3v) is 5.64. The first-order valence-electron chi connectivity index (χ1n) is 8.67. The monoisotopic (exact) mass is 390 g/mol. The van der Waals surface area contributed by atoms with Crippen LogP contribution in [0.2, 0.25) is 0 Å². The molecule has 1 amide bonds. The molecule has 2 N–H and O–H groups in total. The molecule has 1 aromatic carbocycles. The summed E-state index contributed by atoms with van der Waals surface area (Å²) in [5.74, 6) is -0.773. The second kappa shape index (κ2) is 8.06. The van der Waals surface area contributed by atoms with Gasteiger partial charge >= 0.3 is 5.97 Å². The van der Waals surface area contributed by atoms with Gasteiger partial charge in [-0.05, 0) is 37.5 Å². The molecule has 0 saturated carbocycles. The summed E-state index contributed by atoms with van der Waals surface area (Å²) < 4.78 is 10.8. The number of ether oxygens (including phenoxy) is 2. The van der Waals surface area contributed by atoms with Gasteiger partial charge in [0.2, 0.25) is 0 Å². The second-order valence-corrected chi connectivity index (χ2v) is 7.72.